The highest BCUT2D eigenvalue weighted by Crippen LogP contribution is 2.30. The first-order chi connectivity index (χ1) is 9.28. The molecule has 0 amide bonds. The van der Waals surface area contributed by atoms with Crippen molar-refractivity contribution in [1.82, 2.24) is 5.32 Å². The Balaban J connectivity index is 2.06. The van der Waals surface area contributed by atoms with Gasteiger partial charge in [0, 0.05) is 11.6 Å². The topological polar surface area (TPSA) is 21.3 Å². The fraction of sp³-hybridized carbons (Fsp3) is 0.250. The van der Waals surface area contributed by atoms with Gasteiger partial charge in [-0.3, -0.25) is 0 Å². The predicted octanol–water partition coefficient (Wildman–Crippen LogP) is 3.76. The van der Waals surface area contributed by atoms with E-state index in [4.69, 9.17) is 16.3 Å². The summed E-state index contributed by atoms with van der Waals surface area (Å²) < 4.78 is 5.47. The first kappa shape index (κ1) is 12.7. The Kier molecular flexibility index (Phi) is 3.56. The lowest BCUT2D eigenvalue weighted by molar-refractivity contribution is 0.134. The molecule has 3 heteroatoms. The molecule has 1 N–H and O–H groups in total. The monoisotopic (exact) mass is 273 g/mol. The van der Waals surface area contributed by atoms with Crippen LogP contribution in [0.25, 0.3) is 11.1 Å². The van der Waals surface area contributed by atoms with Gasteiger partial charge >= 0.3 is 0 Å². The molecule has 1 aliphatic heterocycles. The molecule has 1 aliphatic rings. The van der Waals surface area contributed by atoms with E-state index in [1.807, 2.05) is 19.2 Å². The van der Waals surface area contributed by atoms with Crippen LogP contribution in [0, 0.1) is 0 Å². The van der Waals surface area contributed by atoms with Crippen LogP contribution in [0.1, 0.15) is 16.7 Å². The van der Waals surface area contributed by atoms with Crippen molar-refractivity contribution in [3.63, 3.8) is 0 Å². The minimum atomic E-state index is 0.720. The van der Waals surface area contributed by atoms with Crippen molar-refractivity contribution in [2.45, 2.75) is 19.8 Å². The van der Waals surface area contributed by atoms with E-state index in [0.717, 1.165) is 24.8 Å². The number of halogens is 1. The molecule has 1 heterocycles. The summed E-state index contributed by atoms with van der Waals surface area (Å²) >= 11 is 6.09. The average Bonchev–Trinajstić information content (AvgIpc) is 2.86. The van der Waals surface area contributed by atoms with Crippen molar-refractivity contribution in [3.8, 4) is 11.1 Å². The summed E-state index contributed by atoms with van der Waals surface area (Å²) in [6.45, 7) is 2.27. The average molecular weight is 274 g/mol. The zero-order valence-electron chi connectivity index (χ0n) is 10.9. The Morgan fingerprint density at radius 1 is 1.11 bits per heavy atom. The summed E-state index contributed by atoms with van der Waals surface area (Å²) in [7, 11) is 1.95. The molecule has 0 spiro atoms. The second kappa shape index (κ2) is 5.33. The SMILES string of the molecule is CNCc1cc(Cl)ccc1-c1ccc2c(c1)COC2. The molecule has 0 fully saturated rings. The Morgan fingerprint density at radius 2 is 1.95 bits per heavy atom. The first-order valence-electron chi connectivity index (χ1n) is 6.41. The van der Waals surface area contributed by atoms with Crippen molar-refractivity contribution >= 4 is 11.6 Å². The van der Waals surface area contributed by atoms with E-state index in [0.29, 0.717) is 0 Å². The van der Waals surface area contributed by atoms with Gasteiger partial charge in [0.15, 0.2) is 0 Å². The van der Waals surface area contributed by atoms with Gasteiger partial charge in [-0.1, -0.05) is 29.8 Å². The van der Waals surface area contributed by atoms with Crippen LogP contribution in [0.15, 0.2) is 36.4 Å². The molecule has 0 radical (unpaired) electrons. The maximum Gasteiger partial charge on any atom is 0.0725 e. The summed E-state index contributed by atoms with van der Waals surface area (Å²) in [6, 6.07) is 12.6. The Hall–Kier alpha value is -1.35. The van der Waals surface area contributed by atoms with E-state index in [9.17, 15) is 0 Å². The highest BCUT2D eigenvalue weighted by Gasteiger charge is 2.13. The third-order valence-electron chi connectivity index (χ3n) is 3.47. The summed E-state index contributed by atoms with van der Waals surface area (Å²) in [4.78, 5) is 0. The van der Waals surface area contributed by atoms with Crippen LogP contribution in [-0.4, -0.2) is 7.05 Å². The van der Waals surface area contributed by atoms with E-state index in [2.05, 4.69) is 29.6 Å². The van der Waals surface area contributed by atoms with Gasteiger partial charge in [0.25, 0.3) is 0 Å². The lowest BCUT2D eigenvalue weighted by atomic mass is 9.96. The van der Waals surface area contributed by atoms with E-state index in [1.54, 1.807) is 0 Å². The molecule has 0 bridgehead atoms. The fourth-order valence-electron chi connectivity index (χ4n) is 2.52. The van der Waals surface area contributed by atoms with E-state index >= 15 is 0 Å². The van der Waals surface area contributed by atoms with Crippen molar-refractivity contribution < 1.29 is 4.74 Å². The standard InChI is InChI=1S/C16H16ClNO/c1-18-8-13-7-15(17)4-5-16(13)11-2-3-12-9-19-10-14(12)6-11/h2-7,18H,8-10H2,1H3. The molecule has 19 heavy (non-hydrogen) atoms. The maximum absolute atomic E-state index is 6.09. The normalized spacial score (nSPS) is 13.6. The predicted molar refractivity (Wildman–Crippen MR) is 78.1 cm³/mol. The molecule has 2 aromatic carbocycles. The zero-order valence-corrected chi connectivity index (χ0v) is 11.6. The molecule has 2 nitrogen and oxygen atoms in total. The second-order valence-corrected chi connectivity index (χ2v) is 5.24. The minimum Gasteiger partial charge on any atom is -0.372 e. The summed E-state index contributed by atoms with van der Waals surface area (Å²) in [5.41, 5.74) is 6.27. The Morgan fingerprint density at radius 3 is 2.79 bits per heavy atom. The molecule has 0 unspecified atom stereocenters. The Bertz CT molecular complexity index is 610. The highest BCUT2D eigenvalue weighted by atomic mass is 35.5. The van der Waals surface area contributed by atoms with Crippen LogP contribution in [-0.2, 0) is 24.5 Å². The fourth-order valence-corrected chi connectivity index (χ4v) is 2.71. The van der Waals surface area contributed by atoms with Crippen molar-refractivity contribution in [2.75, 3.05) is 7.05 Å². The lowest BCUT2D eigenvalue weighted by Gasteiger charge is -2.11. The van der Waals surface area contributed by atoms with E-state index < -0.39 is 0 Å². The number of rotatable bonds is 3. The molecular weight excluding hydrogens is 258 g/mol. The second-order valence-electron chi connectivity index (χ2n) is 4.81. The number of ether oxygens (including phenoxy) is 1. The number of hydrogen-bond acceptors (Lipinski definition) is 2. The van der Waals surface area contributed by atoms with Crippen LogP contribution in [0.4, 0.5) is 0 Å². The van der Waals surface area contributed by atoms with Gasteiger partial charge in [-0.25, -0.2) is 0 Å². The van der Waals surface area contributed by atoms with Gasteiger partial charge in [-0.15, -0.1) is 0 Å². The van der Waals surface area contributed by atoms with Crippen molar-refractivity contribution in [1.29, 1.82) is 0 Å². The van der Waals surface area contributed by atoms with Gasteiger partial charge in [0.05, 0.1) is 13.2 Å². The van der Waals surface area contributed by atoms with Crippen LogP contribution in [0.3, 0.4) is 0 Å². The van der Waals surface area contributed by atoms with Gasteiger partial charge < -0.3 is 10.1 Å². The quantitative estimate of drug-likeness (QED) is 0.919. The van der Waals surface area contributed by atoms with E-state index in [1.165, 1.54) is 27.8 Å². The number of fused-ring (bicyclic) bond motifs is 1. The number of nitrogens with one attached hydrogen (secondary N) is 1. The molecule has 0 aromatic heterocycles. The summed E-state index contributed by atoms with van der Waals surface area (Å²) in [6.07, 6.45) is 0. The molecule has 0 saturated carbocycles. The summed E-state index contributed by atoms with van der Waals surface area (Å²) in [5, 5.41) is 3.97. The van der Waals surface area contributed by atoms with Crippen LogP contribution >= 0.6 is 11.6 Å². The smallest absolute Gasteiger partial charge is 0.0725 e. The summed E-state index contributed by atoms with van der Waals surface area (Å²) in [5.74, 6) is 0. The highest BCUT2D eigenvalue weighted by molar-refractivity contribution is 6.30. The zero-order chi connectivity index (χ0) is 13.2. The first-order valence-corrected chi connectivity index (χ1v) is 6.78. The molecule has 0 aliphatic carbocycles. The lowest BCUT2D eigenvalue weighted by Crippen LogP contribution is -2.06. The largest absolute Gasteiger partial charge is 0.372 e. The third kappa shape index (κ3) is 2.52. The van der Waals surface area contributed by atoms with Gasteiger partial charge in [-0.05, 0) is 53.1 Å². The van der Waals surface area contributed by atoms with Gasteiger partial charge in [-0.2, -0.15) is 0 Å². The molecule has 0 atom stereocenters. The van der Waals surface area contributed by atoms with Crippen molar-refractivity contribution in [2.24, 2.45) is 0 Å². The molecule has 98 valence electrons. The Labute approximate surface area is 118 Å². The van der Waals surface area contributed by atoms with Gasteiger partial charge in [0.1, 0.15) is 0 Å². The van der Waals surface area contributed by atoms with Crippen LogP contribution < -0.4 is 5.32 Å². The maximum atomic E-state index is 6.09. The molecule has 0 saturated heterocycles. The van der Waals surface area contributed by atoms with Crippen molar-refractivity contribution in [3.05, 3.63) is 58.1 Å². The van der Waals surface area contributed by atoms with E-state index in [-0.39, 0.29) is 0 Å². The molecule has 3 rings (SSSR count). The number of hydrogen-bond donors (Lipinski definition) is 1. The van der Waals surface area contributed by atoms with Crippen LogP contribution in [0.2, 0.25) is 5.02 Å². The van der Waals surface area contributed by atoms with Gasteiger partial charge in [0.2, 0.25) is 0 Å². The minimum absolute atomic E-state index is 0.720. The number of benzene rings is 2. The molecular formula is C16H16ClNO. The molecule has 2 aromatic rings. The van der Waals surface area contributed by atoms with Crippen LogP contribution in [0.5, 0.6) is 0 Å². The third-order valence-corrected chi connectivity index (χ3v) is 3.70.